The molecule has 9 nitrogen and oxygen atoms in total. The zero-order valence-corrected chi connectivity index (χ0v) is 53.1. The van der Waals surface area contributed by atoms with Crippen LogP contribution in [0.15, 0.2) is 36.5 Å². The van der Waals surface area contributed by atoms with E-state index in [0.29, 0.717) is 17.4 Å². The fourth-order valence-electron chi connectivity index (χ4n) is 10.1. The molecule has 2 atom stereocenters. The Morgan fingerprint density at radius 3 is 1.01 bits per heavy atom. The van der Waals surface area contributed by atoms with Crippen LogP contribution in [0.4, 0.5) is 0 Å². The lowest BCUT2D eigenvalue weighted by Crippen LogP contribution is -2.40. The second-order valence-electron chi connectivity index (χ2n) is 24.5. The minimum atomic E-state index is -1.51. The van der Waals surface area contributed by atoms with E-state index in [1.165, 1.54) is 257 Å². The van der Waals surface area contributed by atoms with Gasteiger partial charge in [-0.3, -0.25) is 9.59 Å². The number of hydrogen-bond acceptors (Lipinski definition) is 7. The summed E-state index contributed by atoms with van der Waals surface area (Å²) < 4.78 is 23.0. The molecule has 0 radical (unpaired) electrons. The van der Waals surface area contributed by atoms with Gasteiger partial charge >= 0.3 is 17.9 Å². The molecule has 0 heterocycles. The summed E-state index contributed by atoms with van der Waals surface area (Å²) in [6, 6.07) is 0. The highest BCUT2D eigenvalue weighted by molar-refractivity contribution is 5.71. The second kappa shape index (κ2) is 61.6. The van der Waals surface area contributed by atoms with E-state index in [0.717, 1.165) is 51.4 Å². The molecule has 0 saturated heterocycles. The fraction of sp³-hybridized carbons (Fsp3) is 0.871. The number of esters is 2. The lowest BCUT2D eigenvalue weighted by Gasteiger charge is -2.25. The first kappa shape index (κ1) is 76.5. The fourth-order valence-corrected chi connectivity index (χ4v) is 10.1. The van der Waals surface area contributed by atoms with Crippen molar-refractivity contribution in [2.45, 2.75) is 347 Å². The molecule has 0 aromatic heterocycles. The zero-order chi connectivity index (χ0) is 57.6. The molecule has 1 N–H and O–H groups in total. The third kappa shape index (κ3) is 63.0. The number of rotatable bonds is 64. The highest BCUT2D eigenvalue weighted by Crippen LogP contribution is 2.18. The van der Waals surface area contributed by atoms with E-state index in [-0.39, 0.29) is 38.2 Å². The first-order valence-corrected chi connectivity index (χ1v) is 34.2. The molecule has 0 amide bonds. The molecule has 9 heteroatoms. The number of allylic oxidation sites excluding steroid dienone is 6. The molecule has 2 unspecified atom stereocenters. The van der Waals surface area contributed by atoms with Gasteiger partial charge in [0.1, 0.15) is 13.2 Å². The van der Waals surface area contributed by atoms with Crippen LogP contribution in [-0.2, 0) is 33.3 Å². The topological polar surface area (TPSA) is 108 Å². The minimum Gasteiger partial charge on any atom is -0.477 e. The highest BCUT2D eigenvalue weighted by atomic mass is 16.7. The van der Waals surface area contributed by atoms with Crippen LogP contribution >= 0.6 is 0 Å². The van der Waals surface area contributed by atoms with Gasteiger partial charge < -0.3 is 28.5 Å². The van der Waals surface area contributed by atoms with Gasteiger partial charge in [-0.15, -0.1) is 0 Å². The van der Waals surface area contributed by atoms with E-state index in [2.05, 4.69) is 50.3 Å². The molecule has 464 valence electrons. The molecular weight excluding hydrogens is 983 g/mol. The van der Waals surface area contributed by atoms with Crippen molar-refractivity contribution in [3.8, 4) is 0 Å². The molecule has 79 heavy (non-hydrogen) atoms. The molecule has 0 aromatic rings. The maximum Gasteiger partial charge on any atom is 0.361 e. The van der Waals surface area contributed by atoms with Crippen LogP contribution < -0.4 is 0 Å². The van der Waals surface area contributed by atoms with E-state index < -0.39 is 18.4 Å². The van der Waals surface area contributed by atoms with Crippen LogP contribution in [-0.4, -0.2) is 87.4 Å². The minimum absolute atomic E-state index is 0.176. The van der Waals surface area contributed by atoms with E-state index in [9.17, 15) is 19.5 Å². The van der Waals surface area contributed by atoms with Crippen molar-refractivity contribution < 1.29 is 42.9 Å². The van der Waals surface area contributed by atoms with Crippen molar-refractivity contribution in [3.05, 3.63) is 36.5 Å². The van der Waals surface area contributed by atoms with Crippen LogP contribution in [0.5, 0.6) is 0 Å². The number of carboxylic acid groups (broad SMARTS) is 1. The third-order valence-corrected chi connectivity index (χ3v) is 15.4. The van der Waals surface area contributed by atoms with Crippen molar-refractivity contribution in [1.82, 2.24) is 0 Å². The molecule has 0 saturated carbocycles. The van der Waals surface area contributed by atoms with Gasteiger partial charge in [-0.2, -0.15) is 0 Å². The van der Waals surface area contributed by atoms with E-state index in [1.807, 2.05) is 21.1 Å². The Bertz CT molecular complexity index is 1390. The summed E-state index contributed by atoms with van der Waals surface area (Å²) in [7, 11) is 5.99. The zero-order valence-electron chi connectivity index (χ0n) is 53.1. The largest absolute Gasteiger partial charge is 0.477 e. The summed E-state index contributed by atoms with van der Waals surface area (Å²) in [5.74, 6) is -1.98. The summed E-state index contributed by atoms with van der Waals surface area (Å²) in [6.45, 7) is 4.93. The predicted octanol–water partition coefficient (Wildman–Crippen LogP) is 20.8. The Hall–Kier alpha value is -2.49. The summed E-state index contributed by atoms with van der Waals surface area (Å²) in [5.41, 5.74) is 0. The number of ether oxygens (including phenoxy) is 4. The van der Waals surface area contributed by atoms with E-state index in [1.54, 1.807) is 0 Å². The van der Waals surface area contributed by atoms with Gasteiger partial charge in [0, 0.05) is 12.8 Å². The number of carbonyl (C=O) groups excluding carboxylic acids is 2. The third-order valence-electron chi connectivity index (χ3n) is 15.4. The first-order chi connectivity index (χ1) is 38.6. The molecule has 0 bridgehead atoms. The number of hydrogen-bond donors (Lipinski definition) is 1. The number of unbranched alkanes of at least 4 members (excludes halogenated alkanes) is 43. The standard InChI is InChI=1S/C70H131NO8/c1-6-8-10-12-14-16-18-20-22-24-26-28-29-30-31-32-33-34-35-36-37-38-39-41-43-45-47-49-51-53-55-57-59-61-68(73)79-66(65-78-70(69(74)75)76-63-62-71(3,4)5)64-77-67(72)60-58-56-54-52-50-48-46-44-42-40-27-25-23-21-19-17-15-13-11-9-7-2/h18,20,24,26,29-30,66,70H,6-17,19,21-23,25,27-28,31-65H2,1-5H3/p+1/b20-18-,26-24-,30-29-. The Morgan fingerprint density at radius 2 is 0.684 bits per heavy atom. The maximum atomic E-state index is 12.9. The van der Waals surface area contributed by atoms with Crippen LogP contribution in [0, 0.1) is 0 Å². The summed E-state index contributed by atoms with van der Waals surface area (Å²) >= 11 is 0. The van der Waals surface area contributed by atoms with E-state index in [4.69, 9.17) is 18.9 Å². The van der Waals surface area contributed by atoms with Gasteiger partial charge in [0.25, 0.3) is 6.29 Å². The first-order valence-electron chi connectivity index (χ1n) is 34.2. The average Bonchev–Trinajstić information content (AvgIpc) is 3.42. The molecule has 0 aliphatic rings. The van der Waals surface area contributed by atoms with Gasteiger partial charge in [-0.1, -0.05) is 307 Å². The maximum absolute atomic E-state index is 12.9. The van der Waals surface area contributed by atoms with Gasteiger partial charge in [-0.25, -0.2) is 4.79 Å². The Balaban J connectivity index is 4.07. The van der Waals surface area contributed by atoms with Crippen molar-refractivity contribution >= 4 is 17.9 Å². The molecule has 0 aromatic carbocycles. The van der Waals surface area contributed by atoms with Gasteiger partial charge in [0.2, 0.25) is 0 Å². The molecular formula is C70H132NO8+. The van der Waals surface area contributed by atoms with Crippen molar-refractivity contribution in [3.63, 3.8) is 0 Å². The Labute approximate surface area is 490 Å². The number of carboxylic acids is 1. The SMILES string of the molecule is CCCCCCC/C=C\C/C=C\C/C=C\CCCCCCCCCCCCCCCCCCCCC(=O)OC(COC(=O)CCCCCCCCCCCCCCCCCCCCCCC)COC(OCC[N+](C)(C)C)C(=O)O. The number of likely N-dealkylation sites (N-methyl/N-ethyl adjacent to an activating group) is 1. The number of quaternary nitrogens is 1. The van der Waals surface area contributed by atoms with Crippen molar-refractivity contribution in [2.75, 3.05) is 47.5 Å². The predicted molar refractivity (Wildman–Crippen MR) is 337 cm³/mol. The van der Waals surface area contributed by atoms with Gasteiger partial charge in [0.05, 0.1) is 34.4 Å². The molecule has 0 aliphatic heterocycles. The number of nitrogens with zero attached hydrogens (tertiary/aromatic N) is 1. The molecule has 0 aliphatic carbocycles. The molecule has 0 fully saturated rings. The second-order valence-corrected chi connectivity index (χ2v) is 24.5. The normalized spacial score (nSPS) is 12.9. The molecule has 0 rings (SSSR count). The number of aliphatic carboxylic acids is 1. The number of carbonyl (C=O) groups is 3. The van der Waals surface area contributed by atoms with Crippen molar-refractivity contribution in [2.24, 2.45) is 0 Å². The monoisotopic (exact) mass is 1110 g/mol. The Kier molecular flexibility index (Phi) is 59.6. The average molecular weight is 1120 g/mol. The lowest BCUT2D eigenvalue weighted by molar-refractivity contribution is -0.870. The van der Waals surface area contributed by atoms with Gasteiger partial charge in [0.15, 0.2) is 6.10 Å². The smallest absolute Gasteiger partial charge is 0.361 e. The van der Waals surface area contributed by atoms with Crippen LogP contribution in [0.25, 0.3) is 0 Å². The van der Waals surface area contributed by atoms with Crippen LogP contribution in [0.1, 0.15) is 335 Å². The lowest BCUT2D eigenvalue weighted by atomic mass is 10.0. The van der Waals surface area contributed by atoms with Crippen molar-refractivity contribution in [1.29, 1.82) is 0 Å². The summed E-state index contributed by atoms with van der Waals surface area (Å²) in [4.78, 5) is 37.6. The van der Waals surface area contributed by atoms with E-state index >= 15 is 0 Å². The quantitative estimate of drug-likeness (QED) is 0.0211. The van der Waals surface area contributed by atoms with Crippen LogP contribution in [0.2, 0.25) is 0 Å². The highest BCUT2D eigenvalue weighted by Gasteiger charge is 2.25. The van der Waals surface area contributed by atoms with Gasteiger partial charge in [-0.05, 0) is 51.4 Å². The summed E-state index contributed by atoms with van der Waals surface area (Å²) in [6.07, 6.45) is 73.9. The molecule has 0 spiro atoms. The Morgan fingerprint density at radius 1 is 0.380 bits per heavy atom. The summed E-state index contributed by atoms with van der Waals surface area (Å²) in [5, 5.41) is 9.73. The van der Waals surface area contributed by atoms with Crippen LogP contribution in [0.3, 0.4) is 0 Å².